The molecule has 4 aromatic rings. The first kappa shape index (κ1) is 20.9. The highest BCUT2D eigenvalue weighted by molar-refractivity contribution is 6.51. The van der Waals surface area contributed by atoms with E-state index in [0.29, 0.717) is 21.8 Å². The van der Waals surface area contributed by atoms with Crippen molar-refractivity contribution < 1.29 is 14.7 Å². The van der Waals surface area contributed by atoms with Crippen LogP contribution in [0.15, 0.2) is 90.8 Å². The molecule has 3 aromatic carbocycles. The number of ketones is 1. The lowest BCUT2D eigenvalue weighted by atomic mass is 9.95. The highest BCUT2D eigenvalue weighted by atomic mass is 35.5. The monoisotopic (exact) mass is 454 g/mol. The van der Waals surface area contributed by atoms with Crippen LogP contribution < -0.4 is 4.90 Å². The molecule has 1 fully saturated rings. The zero-order chi connectivity index (χ0) is 23.1. The lowest BCUT2D eigenvalue weighted by Gasteiger charge is -2.26. The van der Waals surface area contributed by atoms with Crippen molar-refractivity contribution in [3.8, 4) is 0 Å². The van der Waals surface area contributed by atoms with Crippen molar-refractivity contribution in [1.82, 2.24) is 4.98 Å². The Balaban J connectivity index is 1.74. The van der Waals surface area contributed by atoms with E-state index in [1.54, 1.807) is 48.8 Å². The minimum Gasteiger partial charge on any atom is -0.507 e. The molecule has 1 aliphatic rings. The van der Waals surface area contributed by atoms with Crippen molar-refractivity contribution in [2.24, 2.45) is 0 Å². The molecule has 1 aliphatic heterocycles. The van der Waals surface area contributed by atoms with Crippen molar-refractivity contribution in [3.05, 3.63) is 112 Å². The number of nitrogens with zero attached hydrogens (tertiary/aromatic N) is 2. The van der Waals surface area contributed by atoms with Crippen LogP contribution in [-0.2, 0) is 9.59 Å². The van der Waals surface area contributed by atoms with Gasteiger partial charge in [0.15, 0.2) is 0 Å². The Morgan fingerprint density at radius 2 is 1.67 bits per heavy atom. The number of benzene rings is 3. The number of hydrogen-bond donors (Lipinski definition) is 1. The van der Waals surface area contributed by atoms with Gasteiger partial charge in [0, 0.05) is 28.7 Å². The number of anilines is 1. The van der Waals surface area contributed by atoms with Gasteiger partial charge in [-0.1, -0.05) is 48.0 Å². The second-order valence-electron chi connectivity index (χ2n) is 7.94. The zero-order valence-electron chi connectivity index (χ0n) is 17.7. The number of Topliss-reactive ketones (excluding diaryl/α,β-unsaturated/α-hetero) is 1. The lowest BCUT2D eigenvalue weighted by Crippen LogP contribution is -2.30. The van der Waals surface area contributed by atoms with Crippen LogP contribution in [0.3, 0.4) is 0 Å². The quantitative estimate of drug-likeness (QED) is 0.240. The maximum Gasteiger partial charge on any atom is 0.300 e. The van der Waals surface area contributed by atoms with E-state index < -0.39 is 17.7 Å². The predicted molar refractivity (Wildman–Crippen MR) is 129 cm³/mol. The molecule has 1 atom stereocenters. The smallest absolute Gasteiger partial charge is 0.300 e. The van der Waals surface area contributed by atoms with E-state index in [1.165, 1.54) is 4.90 Å². The Hall–Kier alpha value is -3.96. The fourth-order valence-corrected chi connectivity index (χ4v) is 4.55. The van der Waals surface area contributed by atoms with Crippen LogP contribution in [0.25, 0.3) is 16.5 Å². The number of aliphatic hydroxyl groups excluding tert-OH is 1. The number of hydrogen-bond acceptors (Lipinski definition) is 4. The highest BCUT2D eigenvalue weighted by Crippen LogP contribution is 2.43. The first-order valence-electron chi connectivity index (χ1n) is 10.4. The van der Waals surface area contributed by atoms with E-state index in [2.05, 4.69) is 4.98 Å². The van der Waals surface area contributed by atoms with E-state index in [9.17, 15) is 14.7 Å². The van der Waals surface area contributed by atoms with Gasteiger partial charge in [-0.2, -0.15) is 0 Å². The van der Waals surface area contributed by atoms with Gasteiger partial charge >= 0.3 is 0 Å². The van der Waals surface area contributed by atoms with Gasteiger partial charge in [-0.25, -0.2) is 0 Å². The summed E-state index contributed by atoms with van der Waals surface area (Å²) in [5, 5.41) is 13.8. The van der Waals surface area contributed by atoms with E-state index in [-0.39, 0.29) is 11.3 Å². The highest BCUT2D eigenvalue weighted by Gasteiger charge is 2.47. The summed E-state index contributed by atoms with van der Waals surface area (Å²) in [5.74, 6) is -1.66. The van der Waals surface area contributed by atoms with Crippen LogP contribution in [0.4, 0.5) is 5.69 Å². The number of pyridine rings is 1. The molecular formula is C27H19ClN2O3. The molecule has 5 rings (SSSR count). The Kier molecular flexibility index (Phi) is 5.19. The van der Waals surface area contributed by atoms with Gasteiger partial charge in [0.25, 0.3) is 11.7 Å². The molecule has 0 aliphatic carbocycles. The number of halogens is 1. The maximum absolute atomic E-state index is 13.3. The van der Waals surface area contributed by atoms with Crippen LogP contribution in [0.2, 0.25) is 5.02 Å². The topological polar surface area (TPSA) is 70.5 Å². The first-order valence-corrected chi connectivity index (χ1v) is 10.8. The molecule has 5 nitrogen and oxygen atoms in total. The molecule has 1 amide bonds. The third kappa shape index (κ3) is 3.56. The van der Waals surface area contributed by atoms with Gasteiger partial charge < -0.3 is 5.11 Å². The maximum atomic E-state index is 13.3. The van der Waals surface area contributed by atoms with Crippen molar-refractivity contribution >= 4 is 45.5 Å². The molecule has 0 saturated carbocycles. The van der Waals surface area contributed by atoms with Crippen molar-refractivity contribution in [3.63, 3.8) is 0 Å². The summed E-state index contributed by atoms with van der Waals surface area (Å²) in [6.45, 7) is 1.83. The molecule has 2 heterocycles. The van der Waals surface area contributed by atoms with E-state index in [0.717, 1.165) is 16.3 Å². The van der Waals surface area contributed by atoms with Crippen molar-refractivity contribution in [2.45, 2.75) is 13.0 Å². The number of amides is 1. The Morgan fingerprint density at radius 1 is 0.939 bits per heavy atom. The molecule has 33 heavy (non-hydrogen) atoms. The zero-order valence-corrected chi connectivity index (χ0v) is 18.5. The lowest BCUT2D eigenvalue weighted by molar-refractivity contribution is -0.132. The first-order chi connectivity index (χ1) is 16.0. The number of fused-ring (bicyclic) bond motifs is 1. The summed E-state index contributed by atoms with van der Waals surface area (Å²) in [5.41, 5.74) is 2.48. The summed E-state index contributed by atoms with van der Waals surface area (Å²) >= 11 is 6.12. The fraction of sp³-hybridized carbons (Fsp3) is 0.0741. The predicted octanol–water partition coefficient (Wildman–Crippen LogP) is 5.82. The molecular weight excluding hydrogens is 436 g/mol. The van der Waals surface area contributed by atoms with Crippen molar-refractivity contribution in [2.75, 3.05) is 4.90 Å². The van der Waals surface area contributed by atoms with E-state index >= 15 is 0 Å². The summed E-state index contributed by atoms with van der Waals surface area (Å²) in [6, 6.07) is 21.0. The normalized spacial score (nSPS) is 17.6. The molecule has 162 valence electrons. The van der Waals surface area contributed by atoms with Gasteiger partial charge in [-0.05, 0) is 65.2 Å². The van der Waals surface area contributed by atoms with Gasteiger partial charge in [0.1, 0.15) is 5.76 Å². The summed E-state index contributed by atoms with van der Waals surface area (Å²) < 4.78 is 0. The van der Waals surface area contributed by atoms with Crippen LogP contribution in [0, 0.1) is 6.92 Å². The second-order valence-corrected chi connectivity index (χ2v) is 8.38. The third-order valence-corrected chi connectivity index (χ3v) is 6.14. The van der Waals surface area contributed by atoms with Gasteiger partial charge in [-0.3, -0.25) is 19.5 Å². The minimum absolute atomic E-state index is 0.0378. The Morgan fingerprint density at radius 3 is 2.39 bits per heavy atom. The molecule has 0 bridgehead atoms. The number of rotatable bonds is 3. The molecule has 1 N–H and O–H groups in total. The number of aromatic nitrogens is 1. The number of carbonyl (C=O) groups is 2. The molecule has 1 unspecified atom stereocenters. The van der Waals surface area contributed by atoms with Crippen molar-refractivity contribution in [1.29, 1.82) is 0 Å². The van der Waals surface area contributed by atoms with Gasteiger partial charge in [0.2, 0.25) is 0 Å². The molecule has 1 saturated heterocycles. The SMILES string of the molecule is Cc1cc(Cl)ccc1N1C(=O)C(=O)/C(=C(\O)c2ccc3ccccc3c2)C1c1ccncc1. The van der Waals surface area contributed by atoms with E-state index in [4.69, 9.17) is 11.6 Å². The number of aliphatic hydroxyl groups is 1. The number of carbonyl (C=O) groups excluding carboxylic acids is 2. The second kappa shape index (κ2) is 8.19. The van der Waals surface area contributed by atoms with Gasteiger partial charge in [-0.15, -0.1) is 0 Å². The molecule has 6 heteroatoms. The van der Waals surface area contributed by atoms with E-state index in [1.807, 2.05) is 43.3 Å². The molecule has 0 spiro atoms. The van der Waals surface area contributed by atoms with Gasteiger partial charge in [0.05, 0.1) is 11.6 Å². The molecule has 0 radical (unpaired) electrons. The summed E-state index contributed by atoms with van der Waals surface area (Å²) in [7, 11) is 0. The largest absolute Gasteiger partial charge is 0.507 e. The van der Waals surface area contributed by atoms with Crippen LogP contribution >= 0.6 is 11.6 Å². The Bertz CT molecular complexity index is 1450. The molecule has 1 aromatic heterocycles. The van der Waals surface area contributed by atoms with Crippen LogP contribution in [0.1, 0.15) is 22.7 Å². The van der Waals surface area contributed by atoms with Crippen LogP contribution in [0.5, 0.6) is 0 Å². The summed E-state index contributed by atoms with van der Waals surface area (Å²) in [6.07, 6.45) is 3.19. The fourth-order valence-electron chi connectivity index (χ4n) is 4.32. The summed E-state index contributed by atoms with van der Waals surface area (Å²) in [4.78, 5) is 32.0. The standard InChI is InChI=1S/C27H19ClN2O3/c1-16-14-21(28)8-9-22(16)30-24(18-10-12-29-13-11-18)23(26(32)27(30)33)25(31)20-7-6-17-4-2-3-5-19(17)15-20/h2-15,24,31H,1H3/b25-23-. The number of aryl methyl sites for hydroxylation is 1. The minimum atomic E-state index is -0.806. The van der Waals surface area contributed by atoms with Crippen LogP contribution in [-0.4, -0.2) is 21.8 Å². The average molecular weight is 455 g/mol. The third-order valence-electron chi connectivity index (χ3n) is 5.91. The average Bonchev–Trinajstić information content (AvgIpc) is 3.09. The Labute approximate surface area is 195 Å².